The summed E-state index contributed by atoms with van der Waals surface area (Å²) in [5.74, 6) is 2.37. The molecular formula is C7H13NO. The lowest BCUT2D eigenvalue weighted by molar-refractivity contribution is 0.0766. The third kappa shape index (κ3) is 5.35. The molecule has 0 aliphatic rings. The highest BCUT2D eigenvalue weighted by atomic mass is 16.5. The number of terminal acetylenes is 1. The molecule has 0 aliphatic carbocycles. The van der Waals surface area contributed by atoms with Crippen LogP contribution in [0.15, 0.2) is 0 Å². The smallest absolute Gasteiger partial charge is 0.0899 e. The van der Waals surface area contributed by atoms with E-state index >= 15 is 0 Å². The van der Waals surface area contributed by atoms with E-state index in [-0.39, 0.29) is 12.1 Å². The molecule has 2 N–H and O–H groups in total. The average Bonchev–Trinajstić information content (AvgIpc) is 1.83. The van der Waals surface area contributed by atoms with Crippen LogP contribution in [-0.4, -0.2) is 18.8 Å². The molecule has 2 nitrogen and oxygen atoms in total. The molecule has 0 aromatic carbocycles. The molecular weight excluding hydrogens is 114 g/mol. The first-order valence-corrected chi connectivity index (χ1v) is 3.00. The maximum Gasteiger partial charge on any atom is 0.0899 e. The summed E-state index contributed by atoms with van der Waals surface area (Å²) in [7, 11) is 0. The van der Waals surface area contributed by atoms with Crippen LogP contribution < -0.4 is 5.73 Å². The fourth-order valence-corrected chi connectivity index (χ4v) is 0.344. The van der Waals surface area contributed by atoms with E-state index in [4.69, 9.17) is 16.9 Å². The Morgan fingerprint density at radius 2 is 2.22 bits per heavy atom. The Labute approximate surface area is 56.4 Å². The van der Waals surface area contributed by atoms with Gasteiger partial charge in [0.1, 0.15) is 0 Å². The van der Waals surface area contributed by atoms with Gasteiger partial charge in [-0.15, -0.1) is 6.42 Å². The van der Waals surface area contributed by atoms with Crippen molar-refractivity contribution in [2.75, 3.05) is 6.61 Å². The van der Waals surface area contributed by atoms with Gasteiger partial charge >= 0.3 is 0 Å². The second kappa shape index (κ2) is 4.37. The van der Waals surface area contributed by atoms with Gasteiger partial charge in [-0.25, -0.2) is 0 Å². The van der Waals surface area contributed by atoms with Crippen LogP contribution in [0.2, 0.25) is 0 Å². The highest BCUT2D eigenvalue weighted by molar-refractivity contribution is 4.96. The molecule has 0 heterocycles. The van der Waals surface area contributed by atoms with Gasteiger partial charge in [0.15, 0.2) is 0 Å². The van der Waals surface area contributed by atoms with Crippen molar-refractivity contribution in [3.63, 3.8) is 0 Å². The minimum absolute atomic E-state index is 0.212. The van der Waals surface area contributed by atoms with E-state index in [9.17, 15) is 0 Å². The monoisotopic (exact) mass is 127 g/mol. The summed E-state index contributed by atoms with van der Waals surface area (Å²) in [6.45, 7) is 4.35. The molecule has 0 aromatic rings. The van der Waals surface area contributed by atoms with Crippen molar-refractivity contribution in [2.45, 2.75) is 26.0 Å². The Kier molecular flexibility index (Phi) is 4.12. The van der Waals surface area contributed by atoms with Gasteiger partial charge in [0, 0.05) is 0 Å². The first-order valence-electron chi connectivity index (χ1n) is 3.00. The zero-order valence-electron chi connectivity index (χ0n) is 5.92. The molecule has 2 heteroatoms. The van der Waals surface area contributed by atoms with Crippen molar-refractivity contribution in [3.8, 4) is 12.3 Å². The number of nitrogens with two attached hydrogens (primary N) is 1. The molecule has 0 radical (unpaired) electrons. The molecule has 0 amide bonds. The number of hydrogen-bond donors (Lipinski definition) is 1. The van der Waals surface area contributed by atoms with Gasteiger partial charge in [0.2, 0.25) is 0 Å². The molecule has 0 saturated heterocycles. The number of hydrogen-bond acceptors (Lipinski definition) is 2. The summed E-state index contributed by atoms with van der Waals surface area (Å²) >= 11 is 0. The van der Waals surface area contributed by atoms with Crippen molar-refractivity contribution in [1.82, 2.24) is 0 Å². The van der Waals surface area contributed by atoms with Gasteiger partial charge in [0.05, 0.1) is 18.8 Å². The first kappa shape index (κ1) is 8.48. The highest BCUT2D eigenvalue weighted by Gasteiger charge is 1.97. The van der Waals surface area contributed by atoms with Crippen LogP contribution in [0.1, 0.15) is 13.8 Å². The van der Waals surface area contributed by atoms with Gasteiger partial charge in [-0.2, -0.15) is 0 Å². The predicted octanol–water partition coefficient (Wildman–Crippen LogP) is 0.372. The van der Waals surface area contributed by atoms with Crippen molar-refractivity contribution >= 4 is 0 Å². The predicted molar refractivity (Wildman–Crippen MR) is 37.9 cm³/mol. The Morgan fingerprint density at radius 1 is 1.67 bits per heavy atom. The summed E-state index contributed by atoms with van der Waals surface area (Å²) in [6, 6.07) is -0.257. The molecule has 0 fully saturated rings. The third-order valence-electron chi connectivity index (χ3n) is 0.823. The van der Waals surface area contributed by atoms with Crippen LogP contribution in [0.25, 0.3) is 0 Å². The maximum atomic E-state index is 5.36. The van der Waals surface area contributed by atoms with Gasteiger partial charge < -0.3 is 10.5 Å². The van der Waals surface area contributed by atoms with Gasteiger partial charge in [-0.3, -0.25) is 0 Å². The van der Waals surface area contributed by atoms with Gasteiger partial charge in [-0.1, -0.05) is 5.92 Å². The normalized spacial score (nSPS) is 13.2. The van der Waals surface area contributed by atoms with Crippen molar-refractivity contribution in [2.24, 2.45) is 5.73 Å². The molecule has 0 aliphatic heterocycles. The summed E-state index contributed by atoms with van der Waals surface area (Å²) in [5.41, 5.74) is 5.36. The number of ether oxygens (including phenoxy) is 1. The highest BCUT2D eigenvalue weighted by Crippen LogP contribution is 1.87. The Hall–Kier alpha value is -0.520. The van der Waals surface area contributed by atoms with E-state index in [1.165, 1.54) is 0 Å². The lowest BCUT2D eigenvalue weighted by Crippen LogP contribution is -2.25. The SMILES string of the molecule is C#CC(N)COC(C)C. The van der Waals surface area contributed by atoms with E-state index in [1.54, 1.807) is 0 Å². The minimum atomic E-state index is -0.257. The average molecular weight is 127 g/mol. The summed E-state index contributed by atoms with van der Waals surface area (Å²) < 4.78 is 5.13. The Bertz CT molecular complexity index is 104. The molecule has 0 aromatic heterocycles. The zero-order valence-corrected chi connectivity index (χ0v) is 5.92. The van der Waals surface area contributed by atoms with E-state index in [0.29, 0.717) is 6.61 Å². The van der Waals surface area contributed by atoms with Crippen LogP contribution in [0, 0.1) is 12.3 Å². The topological polar surface area (TPSA) is 35.2 Å². The summed E-state index contributed by atoms with van der Waals surface area (Å²) in [5, 5.41) is 0. The minimum Gasteiger partial charge on any atom is -0.376 e. The molecule has 1 unspecified atom stereocenters. The maximum absolute atomic E-state index is 5.36. The van der Waals surface area contributed by atoms with Gasteiger partial charge in [0.25, 0.3) is 0 Å². The fourth-order valence-electron chi connectivity index (χ4n) is 0.344. The van der Waals surface area contributed by atoms with Gasteiger partial charge in [-0.05, 0) is 13.8 Å². The lowest BCUT2D eigenvalue weighted by Gasteiger charge is -2.08. The standard InChI is InChI=1S/C7H13NO/c1-4-7(8)5-9-6(2)3/h1,6-7H,5,8H2,2-3H3. The van der Waals surface area contributed by atoms with Crippen LogP contribution in [0.5, 0.6) is 0 Å². The van der Waals surface area contributed by atoms with Crippen LogP contribution >= 0.6 is 0 Å². The van der Waals surface area contributed by atoms with E-state index < -0.39 is 0 Å². The molecule has 0 bridgehead atoms. The Balaban J connectivity index is 3.19. The quantitative estimate of drug-likeness (QED) is 0.556. The lowest BCUT2D eigenvalue weighted by atomic mass is 10.3. The molecule has 52 valence electrons. The van der Waals surface area contributed by atoms with Crippen molar-refractivity contribution < 1.29 is 4.74 Å². The zero-order chi connectivity index (χ0) is 7.28. The van der Waals surface area contributed by atoms with Crippen molar-refractivity contribution in [1.29, 1.82) is 0 Å². The summed E-state index contributed by atoms with van der Waals surface area (Å²) in [4.78, 5) is 0. The second-order valence-corrected chi connectivity index (χ2v) is 2.16. The van der Waals surface area contributed by atoms with Crippen LogP contribution in [-0.2, 0) is 4.74 Å². The van der Waals surface area contributed by atoms with E-state index in [2.05, 4.69) is 5.92 Å². The fraction of sp³-hybridized carbons (Fsp3) is 0.714. The molecule has 9 heavy (non-hydrogen) atoms. The van der Waals surface area contributed by atoms with Crippen molar-refractivity contribution in [3.05, 3.63) is 0 Å². The number of rotatable bonds is 3. The molecule has 0 saturated carbocycles. The molecule has 1 atom stereocenters. The second-order valence-electron chi connectivity index (χ2n) is 2.16. The first-order chi connectivity index (χ1) is 4.16. The van der Waals surface area contributed by atoms with E-state index in [1.807, 2.05) is 13.8 Å². The Morgan fingerprint density at radius 3 is 2.56 bits per heavy atom. The molecule has 0 spiro atoms. The van der Waals surface area contributed by atoms with Crippen LogP contribution in [0.4, 0.5) is 0 Å². The molecule has 0 rings (SSSR count). The van der Waals surface area contributed by atoms with E-state index in [0.717, 1.165) is 0 Å². The summed E-state index contributed by atoms with van der Waals surface area (Å²) in [6.07, 6.45) is 5.22. The largest absolute Gasteiger partial charge is 0.376 e. The third-order valence-corrected chi connectivity index (χ3v) is 0.823. The van der Waals surface area contributed by atoms with Crippen LogP contribution in [0.3, 0.4) is 0 Å².